The summed E-state index contributed by atoms with van der Waals surface area (Å²) in [7, 11) is 0. The Morgan fingerprint density at radius 2 is 1.81 bits per heavy atom. The topological polar surface area (TPSA) is 79.8 Å². The summed E-state index contributed by atoms with van der Waals surface area (Å²) in [6, 6.07) is 16.5. The van der Waals surface area contributed by atoms with Crippen LogP contribution in [0.25, 0.3) is 16.5 Å². The number of aromatic amines is 1. The summed E-state index contributed by atoms with van der Waals surface area (Å²) in [6.07, 6.45) is 5.04. The number of benzene rings is 2. The van der Waals surface area contributed by atoms with E-state index in [0.717, 1.165) is 11.3 Å². The van der Waals surface area contributed by atoms with Gasteiger partial charge in [-0.2, -0.15) is 5.10 Å². The van der Waals surface area contributed by atoms with Crippen molar-refractivity contribution >= 4 is 16.7 Å². The molecule has 2 aromatic carbocycles. The van der Waals surface area contributed by atoms with Crippen molar-refractivity contribution in [2.24, 2.45) is 0 Å². The number of nitrogens with one attached hydrogen (secondary N) is 2. The number of carbonyl (C=O) groups excluding carboxylic acids is 1. The second-order valence-electron chi connectivity index (χ2n) is 6.28. The maximum atomic E-state index is 12.9. The normalized spacial score (nSPS) is 12.0. The molecular weight excluding hydrogens is 340 g/mol. The highest BCUT2D eigenvalue weighted by atomic mass is 16.2. The molecule has 0 bridgehead atoms. The predicted octanol–water partition coefficient (Wildman–Crippen LogP) is 3.20. The molecule has 6 nitrogen and oxygen atoms in total. The fraction of sp³-hybridized carbons (Fsp3) is 0.0952. The molecule has 0 aliphatic carbocycles. The van der Waals surface area contributed by atoms with E-state index in [9.17, 15) is 9.59 Å². The second-order valence-corrected chi connectivity index (χ2v) is 6.28. The van der Waals surface area contributed by atoms with Gasteiger partial charge in [0, 0.05) is 29.4 Å². The van der Waals surface area contributed by atoms with Crippen LogP contribution in [0.15, 0.2) is 78.0 Å². The van der Waals surface area contributed by atoms with Gasteiger partial charge in [-0.1, -0.05) is 36.4 Å². The first kappa shape index (κ1) is 16.8. The molecule has 0 aliphatic heterocycles. The van der Waals surface area contributed by atoms with Crippen molar-refractivity contribution in [2.45, 2.75) is 13.0 Å². The summed E-state index contributed by atoms with van der Waals surface area (Å²) in [4.78, 5) is 27.5. The fourth-order valence-corrected chi connectivity index (χ4v) is 3.22. The molecule has 0 aliphatic rings. The summed E-state index contributed by atoms with van der Waals surface area (Å²) >= 11 is 0. The Morgan fingerprint density at radius 1 is 1.07 bits per heavy atom. The van der Waals surface area contributed by atoms with Crippen LogP contribution in [0.2, 0.25) is 0 Å². The Bertz CT molecular complexity index is 1160. The Balaban J connectivity index is 1.67. The van der Waals surface area contributed by atoms with Crippen LogP contribution in [0.5, 0.6) is 0 Å². The highest BCUT2D eigenvalue weighted by molar-refractivity contribution is 6.06. The minimum Gasteiger partial charge on any atom is -0.345 e. The van der Waals surface area contributed by atoms with Crippen molar-refractivity contribution in [3.63, 3.8) is 0 Å². The average Bonchev–Trinajstić information content (AvgIpc) is 3.23. The molecule has 0 unspecified atom stereocenters. The molecule has 0 saturated carbocycles. The molecule has 0 saturated heterocycles. The van der Waals surface area contributed by atoms with E-state index < -0.39 is 0 Å². The number of nitrogens with zero attached hydrogens (tertiary/aromatic N) is 2. The highest BCUT2D eigenvalue weighted by Gasteiger charge is 2.17. The van der Waals surface area contributed by atoms with Gasteiger partial charge in [0.05, 0.1) is 17.3 Å². The van der Waals surface area contributed by atoms with E-state index in [1.54, 1.807) is 29.1 Å². The summed E-state index contributed by atoms with van der Waals surface area (Å²) in [6.45, 7) is 1.92. The average molecular weight is 358 g/mol. The van der Waals surface area contributed by atoms with Crippen LogP contribution in [0, 0.1) is 0 Å². The zero-order valence-electron chi connectivity index (χ0n) is 14.7. The van der Waals surface area contributed by atoms with E-state index in [4.69, 9.17) is 0 Å². The lowest BCUT2D eigenvalue weighted by molar-refractivity contribution is 0.0941. The lowest BCUT2D eigenvalue weighted by Gasteiger charge is -2.18. The van der Waals surface area contributed by atoms with Gasteiger partial charge in [-0.05, 0) is 30.7 Å². The number of hydrogen-bond donors (Lipinski definition) is 2. The van der Waals surface area contributed by atoms with Gasteiger partial charge in [0.1, 0.15) is 0 Å². The van der Waals surface area contributed by atoms with Crippen molar-refractivity contribution in [1.29, 1.82) is 0 Å². The third-order valence-corrected chi connectivity index (χ3v) is 4.56. The van der Waals surface area contributed by atoms with Crippen LogP contribution < -0.4 is 10.9 Å². The molecule has 4 rings (SSSR count). The summed E-state index contributed by atoms with van der Waals surface area (Å²) in [5, 5.41) is 8.43. The van der Waals surface area contributed by atoms with Crippen LogP contribution in [-0.4, -0.2) is 20.7 Å². The zero-order chi connectivity index (χ0) is 18.8. The number of para-hydroxylation sites is 1. The largest absolute Gasteiger partial charge is 0.345 e. The number of hydrogen-bond acceptors (Lipinski definition) is 3. The maximum absolute atomic E-state index is 12.9. The number of H-pyrrole nitrogens is 1. The fourth-order valence-electron chi connectivity index (χ4n) is 3.22. The van der Waals surface area contributed by atoms with Crippen molar-refractivity contribution < 1.29 is 4.79 Å². The first-order chi connectivity index (χ1) is 13.1. The Morgan fingerprint density at radius 3 is 2.59 bits per heavy atom. The van der Waals surface area contributed by atoms with Gasteiger partial charge < -0.3 is 10.3 Å². The third-order valence-electron chi connectivity index (χ3n) is 4.56. The van der Waals surface area contributed by atoms with Gasteiger partial charge in [-0.15, -0.1) is 0 Å². The number of rotatable bonds is 4. The van der Waals surface area contributed by atoms with Crippen molar-refractivity contribution in [3.05, 3.63) is 94.7 Å². The van der Waals surface area contributed by atoms with Crippen molar-refractivity contribution in [2.75, 3.05) is 0 Å². The molecule has 2 heterocycles. The number of fused-ring (bicyclic) bond motifs is 1. The molecular formula is C21H18N4O2. The van der Waals surface area contributed by atoms with Gasteiger partial charge in [0.2, 0.25) is 0 Å². The molecule has 2 aromatic heterocycles. The Hall–Kier alpha value is -3.67. The Labute approximate surface area is 155 Å². The van der Waals surface area contributed by atoms with Crippen LogP contribution in [0.4, 0.5) is 0 Å². The van der Waals surface area contributed by atoms with Crippen LogP contribution in [0.3, 0.4) is 0 Å². The van der Waals surface area contributed by atoms with E-state index in [-0.39, 0.29) is 17.5 Å². The molecule has 27 heavy (non-hydrogen) atoms. The Kier molecular flexibility index (Phi) is 4.30. The lowest BCUT2D eigenvalue weighted by Crippen LogP contribution is -2.28. The highest BCUT2D eigenvalue weighted by Crippen LogP contribution is 2.22. The van der Waals surface area contributed by atoms with E-state index in [0.29, 0.717) is 16.3 Å². The molecule has 134 valence electrons. The third kappa shape index (κ3) is 3.13. The van der Waals surface area contributed by atoms with E-state index in [1.165, 1.54) is 6.20 Å². The van der Waals surface area contributed by atoms with Crippen molar-refractivity contribution in [1.82, 2.24) is 20.1 Å². The zero-order valence-corrected chi connectivity index (χ0v) is 14.7. The second kappa shape index (κ2) is 6.92. The van der Waals surface area contributed by atoms with Gasteiger partial charge in [-0.25, -0.2) is 4.68 Å². The molecule has 0 radical (unpaired) electrons. The summed E-state index contributed by atoms with van der Waals surface area (Å²) in [5.74, 6) is -0.245. The lowest BCUT2D eigenvalue weighted by atomic mass is 10.0. The molecule has 0 fully saturated rings. The number of amides is 1. The van der Waals surface area contributed by atoms with E-state index >= 15 is 0 Å². The number of pyridine rings is 1. The van der Waals surface area contributed by atoms with Crippen molar-refractivity contribution in [3.8, 4) is 5.69 Å². The van der Waals surface area contributed by atoms with Gasteiger partial charge in [-0.3, -0.25) is 9.59 Å². The SMILES string of the molecule is C[C@H](NC(=O)c1c[nH]c(=O)c2ccccc12)c1ccccc1-n1cccn1. The molecule has 1 amide bonds. The van der Waals surface area contributed by atoms with Crippen LogP contribution in [-0.2, 0) is 0 Å². The van der Waals surface area contributed by atoms with E-state index in [2.05, 4.69) is 15.4 Å². The molecule has 4 aromatic rings. The molecule has 6 heteroatoms. The molecule has 2 N–H and O–H groups in total. The molecule has 1 atom stereocenters. The summed E-state index contributed by atoms with van der Waals surface area (Å²) < 4.78 is 1.77. The molecule has 0 spiro atoms. The van der Waals surface area contributed by atoms with Crippen LogP contribution in [0.1, 0.15) is 28.9 Å². The van der Waals surface area contributed by atoms with Crippen LogP contribution >= 0.6 is 0 Å². The smallest absolute Gasteiger partial charge is 0.255 e. The van der Waals surface area contributed by atoms with E-state index in [1.807, 2.05) is 49.5 Å². The van der Waals surface area contributed by atoms with Gasteiger partial charge in [0.15, 0.2) is 0 Å². The predicted molar refractivity (Wildman–Crippen MR) is 104 cm³/mol. The number of aromatic nitrogens is 3. The quantitative estimate of drug-likeness (QED) is 0.588. The summed E-state index contributed by atoms with van der Waals surface area (Å²) in [5.41, 5.74) is 2.08. The first-order valence-electron chi connectivity index (χ1n) is 8.65. The standard InChI is InChI=1S/C21H18N4O2/c1-14(15-7-4-5-10-19(15)25-12-6-11-23-25)24-21(27)18-13-22-20(26)17-9-3-2-8-16(17)18/h2-14H,1H3,(H,22,26)(H,24,27)/t14-/m0/s1. The minimum atomic E-state index is -0.247. The monoisotopic (exact) mass is 358 g/mol. The minimum absolute atomic E-state index is 0.209. The van der Waals surface area contributed by atoms with Gasteiger partial charge >= 0.3 is 0 Å². The maximum Gasteiger partial charge on any atom is 0.255 e. The van der Waals surface area contributed by atoms with Gasteiger partial charge in [0.25, 0.3) is 11.5 Å². The first-order valence-corrected chi connectivity index (χ1v) is 8.65. The number of carbonyl (C=O) groups is 1.